The van der Waals surface area contributed by atoms with Crippen LogP contribution in [0.25, 0.3) is 0 Å². The molecule has 0 radical (unpaired) electrons. The SMILES string of the molecule is CCOC(=O)Cc1c(C#N)ccc(CN)c1Br. The molecule has 90 valence electrons. The Morgan fingerprint density at radius 1 is 1.59 bits per heavy atom. The number of carbonyl (C=O) groups excluding carboxylic acids is 1. The third-order valence-corrected chi connectivity index (χ3v) is 3.28. The average Bonchev–Trinajstić information content (AvgIpc) is 2.32. The maximum Gasteiger partial charge on any atom is 0.310 e. The van der Waals surface area contributed by atoms with Crippen LogP contribution >= 0.6 is 15.9 Å². The molecule has 0 unspecified atom stereocenters. The summed E-state index contributed by atoms with van der Waals surface area (Å²) in [7, 11) is 0. The van der Waals surface area contributed by atoms with Crippen molar-refractivity contribution in [2.75, 3.05) is 6.61 Å². The van der Waals surface area contributed by atoms with Crippen LogP contribution in [-0.4, -0.2) is 12.6 Å². The molecule has 0 atom stereocenters. The molecule has 5 heteroatoms. The van der Waals surface area contributed by atoms with E-state index in [-0.39, 0.29) is 12.4 Å². The van der Waals surface area contributed by atoms with Gasteiger partial charge in [0.15, 0.2) is 0 Å². The number of halogens is 1. The number of nitrogens with zero attached hydrogens (tertiary/aromatic N) is 1. The number of nitrogens with two attached hydrogens (primary N) is 1. The molecule has 0 spiro atoms. The van der Waals surface area contributed by atoms with Crippen molar-refractivity contribution >= 4 is 21.9 Å². The standard InChI is InChI=1S/C12H13BrN2O2/c1-2-17-11(16)5-10-8(6-14)3-4-9(7-15)12(10)13/h3-4H,2,5,7,15H2,1H3. The Kier molecular flexibility index (Phi) is 5.13. The first-order valence-electron chi connectivity index (χ1n) is 5.20. The van der Waals surface area contributed by atoms with Gasteiger partial charge in [0.1, 0.15) is 0 Å². The van der Waals surface area contributed by atoms with Gasteiger partial charge in [-0.25, -0.2) is 0 Å². The van der Waals surface area contributed by atoms with Crippen LogP contribution < -0.4 is 5.73 Å². The van der Waals surface area contributed by atoms with Gasteiger partial charge in [-0.15, -0.1) is 0 Å². The second-order valence-electron chi connectivity index (χ2n) is 3.36. The Balaban J connectivity index is 3.11. The van der Waals surface area contributed by atoms with E-state index < -0.39 is 0 Å². The van der Waals surface area contributed by atoms with E-state index in [1.54, 1.807) is 19.1 Å². The molecule has 1 aromatic carbocycles. The highest BCUT2D eigenvalue weighted by atomic mass is 79.9. The van der Waals surface area contributed by atoms with Crippen molar-refractivity contribution in [3.63, 3.8) is 0 Å². The summed E-state index contributed by atoms with van der Waals surface area (Å²) < 4.78 is 5.59. The molecule has 0 saturated heterocycles. The Morgan fingerprint density at radius 2 is 2.29 bits per heavy atom. The van der Waals surface area contributed by atoms with Crippen molar-refractivity contribution in [1.29, 1.82) is 5.26 Å². The fraction of sp³-hybridized carbons (Fsp3) is 0.333. The molecular weight excluding hydrogens is 284 g/mol. The van der Waals surface area contributed by atoms with Crippen LogP contribution in [0, 0.1) is 11.3 Å². The van der Waals surface area contributed by atoms with Crippen LogP contribution in [0.2, 0.25) is 0 Å². The number of carbonyl (C=O) groups is 1. The van der Waals surface area contributed by atoms with Crippen molar-refractivity contribution in [1.82, 2.24) is 0 Å². The van der Waals surface area contributed by atoms with Crippen molar-refractivity contribution < 1.29 is 9.53 Å². The lowest BCUT2D eigenvalue weighted by molar-refractivity contribution is -0.142. The molecule has 0 saturated carbocycles. The van der Waals surface area contributed by atoms with Gasteiger partial charge in [-0.05, 0) is 24.1 Å². The third kappa shape index (κ3) is 3.29. The molecular formula is C12H13BrN2O2. The van der Waals surface area contributed by atoms with Gasteiger partial charge < -0.3 is 10.5 Å². The first-order chi connectivity index (χ1) is 8.13. The second-order valence-corrected chi connectivity index (χ2v) is 4.16. The molecule has 1 aromatic rings. The molecule has 1 rings (SSSR count). The highest BCUT2D eigenvalue weighted by Crippen LogP contribution is 2.25. The molecule has 0 fully saturated rings. The van der Waals surface area contributed by atoms with Crippen LogP contribution in [-0.2, 0) is 22.5 Å². The Labute approximate surface area is 108 Å². The maximum atomic E-state index is 11.4. The first-order valence-corrected chi connectivity index (χ1v) is 5.99. The number of hydrogen-bond donors (Lipinski definition) is 1. The number of hydrogen-bond acceptors (Lipinski definition) is 4. The van der Waals surface area contributed by atoms with E-state index in [2.05, 4.69) is 22.0 Å². The summed E-state index contributed by atoms with van der Waals surface area (Å²) in [4.78, 5) is 11.4. The van der Waals surface area contributed by atoms with Gasteiger partial charge in [-0.1, -0.05) is 22.0 Å². The van der Waals surface area contributed by atoms with Gasteiger partial charge in [0.25, 0.3) is 0 Å². The minimum atomic E-state index is -0.348. The van der Waals surface area contributed by atoms with E-state index in [4.69, 9.17) is 15.7 Å². The maximum absolute atomic E-state index is 11.4. The lowest BCUT2D eigenvalue weighted by atomic mass is 10.0. The van der Waals surface area contributed by atoms with Gasteiger partial charge in [0.05, 0.1) is 24.7 Å². The minimum absolute atomic E-state index is 0.0746. The Bertz CT molecular complexity index is 466. The topological polar surface area (TPSA) is 76.1 Å². The number of rotatable bonds is 4. The number of esters is 1. The van der Waals surface area contributed by atoms with Crippen LogP contribution in [0.3, 0.4) is 0 Å². The molecule has 0 amide bonds. The first kappa shape index (κ1) is 13.7. The van der Waals surface area contributed by atoms with Crippen molar-refractivity contribution in [2.24, 2.45) is 5.73 Å². The van der Waals surface area contributed by atoms with Gasteiger partial charge in [0.2, 0.25) is 0 Å². The zero-order valence-corrected chi connectivity index (χ0v) is 11.1. The predicted molar refractivity (Wildman–Crippen MR) is 67.1 cm³/mol. The smallest absolute Gasteiger partial charge is 0.310 e. The van der Waals surface area contributed by atoms with Crippen molar-refractivity contribution in [3.05, 3.63) is 33.3 Å². The molecule has 0 aliphatic carbocycles. The summed E-state index contributed by atoms with van der Waals surface area (Å²) in [6.45, 7) is 2.42. The molecule has 17 heavy (non-hydrogen) atoms. The zero-order chi connectivity index (χ0) is 12.8. The Morgan fingerprint density at radius 3 is 2.82 bits per heavy atom. The third-order valence-electron chi connectivity index (χ3n) is 2.29. The van der Waals surface area contributed by atoms with Crippen molar-refractivity contribution in [3.8, 4) is 6.07 Å². The van der Waals surface area contributed by atoms with Gasteiger partial charge in [-0.3, -0.25) is 4.79 Å². The minimum Gasteiger partial charge on any atom is -0.466 e. The number of nitriles is 1. The normalized spacial score (nSPS) is 9.76. The van der Waals surface area contributed by atoms with Gasteiger partial charge in [-0.2, -0.15) is 5.26 Å². The second kappa shape index (κ2) is 6.38. The lowest BCUT2D eigenvalue weighted by Gasteiger charge is -2.10. The van der Waals surface area contributed by atoms with E-state index in [0.29, 0.717) is 28.8 Å². The van der Waals surface area contributed by atoms with E-state index in [1.165, 1.54) is 0 Å². The fourth-order valence-corrected chi connectivity index (χ4v) is 2.11. The van der Waals surface area contributed by atoms with Crippen LogP contribution in [0.5, 0.6) is 0 Å². The van der Waals surface area contributed by atoms with Crippen LogP contribution in [0.15, 0.2) is 16.6 Å². The Hall–Kier alpha value is -1.38. The zero-order valence-electron chi connectivity index (χ0n) is 9.50. The molecule has 4 nitrogen and oxygen atoms in total. The summed E-state index contributed by atoms with van der Waals surface area (Å²) in [5.41, 5.74) is 7.53. The van der Waals surface area contributed by atoms with Gasteiger partial charge in [0, 0.05) is 11.0 Å². The van der Waals surface area contributed by atoms with Crippen LogP contribution in [0.1, 0.15) is 23.6 Å². The predicted octanol–water partition coefficient (Wildman–Crippen LogP) is 1.89. The summed E-state index contributed by atoms with van der Waals surface area (Å²) in [6, 6.07) is 5.50. The van der Waals surface area contributed by atoms with Crippen molar-refractivity contribution in [2.45, 2.75) is 19.9 Å². The molecule has 0 aliphatic rings. The van der Waals surface area contributed by atoms with Gasteiger partial charge >= 0.3 is 5.97 Å². The van der Waals surface area contributed by atoms with E-state index in [0.717, 1.165) is 5.56 Å². The summed E-state index contributed by atoms with van der Waals surface area (Å²) in [5.74, 6) is -0.348. The molecule has 0 aromatic heterocycles. The molecule has 0 bridgehead atoms. The molecule has 0 aliphatic heterocycles. The van der Waals surface area contributed by atoms with Crippen LogP contribution in [0.4, 0.5) is 0 Å². The number of ether oxygens (including phenoxy) is 1. The largest absolute Gasteiger partial charge is 0.466 e. The molecule has 2 N–H and O–H groups in total. The summed E-state index contributed by atoms with van der Waals surface area (Å²) >= 11 is 3.37. The fourth-order valence-electron chi connectivity index (χ4n) is 1.46. The van der Waals surface area contributed by atoms with E-state index >= 15 is 0 Å². The summed E-state index contributed by atoms with van der Waals surface area (Å²) in [6.07, 6.45) is 0.0746. The highest BCUT2D eigenvalue weighted by Gasteiger charge is 2.14. The monoisotopic (exact) mass is 296 g/mol. The molecule has 0 heterocycles. The number of benzene rings is 1. The average molecular weight is 297 g/mol. The quantitative estimate of drug-likeness (QED) is 0.861. The summed E-state index contributed by atoms with van der Waals surface area (Å²) in [5, 5.41) is 9.00. The lowest BCUT2D eigenvalue weighted by Crippen LogP contribution is -2.10. The highest BCUT2D eigenvalue weighted by molar-refractivity contribution is 9.10. The van der Waals surface area contributed by atoms with E-state index in [1.807, 2.05) is 0 Å². The van der Waals surface area contributed by atoms with E-state index in [9.17, 15) is 4.79 Å².